The standard InChI is InChI=1S/C12H21N3S/c1-2-9-5-3-4-6-10(9)12(15-13)11-7-14-8-16-11/h7-10,12,15H,2-6,13H2,1H3. The van der Waals surface area contributed by atoms with Crippen LogP contribution in [0.4, 0.5) is 0 Å². The van der Waals surface area contributed by atoms with Gasteiger partial charge in [0.05, 0.1) is 11.6 Å². The van der Waals surface area contributed by atoms with Crippen molar-refractivity contribution in [3.8, 4) is 0 Å². The summed E-state index contributed by atoms with van der Waals surface area (Å²) in [7, 11) is 0. The molecule has 0 radical (unpaired) electrons. The Labute approximate surface area is 101 Å². The van der Waals surface area contributed by atoms with Gasteiger partial charge in [0.2, 0.25) is 0 Å². The lowest BCUT2D eigenvalue weighted by Crippen LogP contribution is -2.37. The summed E-state index contributed by atoms with van der Waals surface area (Å²) in [6, 6.07) is 0.303. The Morgan fingerprint density at radius 1 is 1.56 bits per heavy atom. The summed E-state index contributed by atoms with van der Waals surface area (Å²) in [6.07, 6.45) is 8.61. The van der Waals surface area contributed by atoms with E-state index in [0.717, 1.165) is 5.92 Å². The number of aromatic nitrogens is 1. The van der Waals surface area contributed by atoms with E-state index < -0.39 is 0 Å². The molecule has 4 heteroatoms. The van der Waals surface area contributed by atoms with Crippen LogP contribution in [0.5, 0.6) is 0 Å². The van der Waals surface area contributed by atoms with Crippen molar-refractivity contribution in [2.75, 3.05) is 0 Å². The van der Waals surface area contributed by atoms with Gasteiger partial charge in [0, 0.05) is 11.1 Å². The molecule has 1 aliphatic carbocycles. The summed E-state index contributed by atoms with van der Waals surface area (Å²) in [6.45, 7) is 2.29. The van der Waals surface area contributed by atoms with E-state index in [4.69, 9.17) is 5.84 Å². The van der Waals surface area contributed by atoms with Crippen LogP contribution in [-0.4, -0.2) is 4.98 Å². The molecule has 1 aromatic rings. The smallest absolute Gasteiger partial charge is 0.0794 e. The van der Waals surface area contributed by atoms with Gasteiger partial charge in [-0.3, -0.25) is 16.3 Å². The SMILES string of the molecule is CCC1CCCCC1C(NN)c1cncs1. The summed E-state index contributed by atoms with van der Waals surface area (Å²) in [5.74, 6) is 7.24. The van der Waals surface area contributed by atoms with E-state index in [0.29, 0.717) is 12.0 Å². The van der Waals surface area contributed by atoms with Crippen LogP contribution in [0.2, 0.25) is 0 Å². The van der Waals surface area contributed by atoms with Crippen LogP contribution in [0.3, 0.4) is 0 Å². The Bertz CT molecular complexity index is 299. The fourth-order valence-corrected chi connectivity index (χ4v) is 3.73. The molecule has 1 saturated carbocycles. The van der Waals surface area contributed by atoms with Crippen LogP contribution in [0.1, 0.15) is 49.9 Å². The largest absolute Gasteiger partial charge is 0.271 e. The highest BCUT2D eigenvalue weighted by Crippen LogP contribution is 2.40. The van der Waals surface area contributed by atoms with Gasteiger partial charge in [-0.2, -0.15) is 0 Å². The Morgan fingerprint density at radius 3 is 3.00 bits per heavy atom. The van der Waals surface area contributed by atoms with Crippen molar-refractivity contribution in [3.05, 3.63) is 16.6 Å². The fraction of sp³-hybridized carbons (Fsp3) is 0.750. The minimum atomic E-state index is 0.303. The molecule has 0 aromatic carbocycles. The zero-order valence-corrected chi connectivity index (χ0v) is 10.7. The normalized spacial score (nSPS) is 27.9. The van der Waals surface area contributed by atoms with Crippen LogP contribution in [0.25, 0.3) is 0 Å². The van der Waals surface area contributed by atoms with Gasteiger partial charge in [0.15, 0.2) is 0 Å². The van der Waals surface area contributed by atoms with E-state index in [-0.39, 0.29) is 0 Å². The number of nitrogens with two attached hydrogens (primary N) is 1. The highest BCUT2D eigenvalue weighted by Gasteiger charge is 2.31. The molecule has 3 N–H and O–H groups in total. The first-order valence-corrected chi connectivity index (χ1v) is 7.09. The summed E-state index contributed by atoms with van der Waals surface area (Å²) >= 11 is 1.71. The average Bonchev–Trinajstić information content (AvgIpc) is 2.84. The van der Waals surface area contributed by atoms with E-state index in [1.54, 1.807) is 11.3 Å². The predicted molar refractivity (Wildman–Crippen MR) is 67.9 cm³/mol. The van der Waals surface area contributed by atoms with Crippen molar-refractivity contribution in [1.29, 1.82) is 0 Å². The first-order valence-electron chi connectivity index (χ1n) is 6.21. The molecule has 0 bridgehead atoms. The molecule has 3 unspecified atom stereocenters. The maximum absolute atomic E-state index is 5.74. The van der Waals surface area contributed by atoms with E-state index >= 15 is 0 Å². The van der Waals surface area contributed by atoms with Gasteiger partial charge in [-0.25, -0.2) is 0 Å². The van der Waals surface area contributed by atoms with Crippen molar-refractivity contribution in [2.45, 2.75) is 45.1 Å². The van der Waals surface area contributed by atoms with Crippen molar-refractivity contribution < 1.29 is 0 Å². The number of hydrazine groups is 1. The van der Waals surface area contributed by atoms with Crippen molar-refractivity contribution in [1.82, 2.24) is 10.4 Å². The summed E-state index contributed by atoms with van der Waals surface area (Å²) in [5, 5.41) is 0. The zero-order chi connectivity index (χ0) is 11.4. The van der Waals surface area contributed by atoms with Gasteiger partial charge in [-0.1, -0.05) is 32.6 Å². The molecule has 16 heavy (non-hydrogen) atoms. The van der Waals surface area contributed by atoms with Gasteiger partial charge < -0.3 is 0 Å². The Morgan fingerprint density at radius 2 is 2.38 bits per heavy atom. The zero-order valence-electron chi connectivity index (χ0n) is 9.86. The molecule has 3 nitrogen and oxygen atoms in total. The first-order chi connectivity index (χ1) is 7.86. The van der Waals surface area contributed by atoms with Crippen LogP contribution in [-0.2, 0) is 0 Å². The Balaban J connectivity index is 2.13. The van der Waals surface area contributed by atoms with Gasteiger partial charge in [-0.15, -0.1) is 11.3 Å². The number of thiazole rings is 1. The molecule has 0 saturated heterocycles. The lowest BCUT2D eigenvalue weighted by Gasteiger charge is -2.36. The highest BCUT2D eigenvalue weighted by atomic mass is 32.1. The second-order valence-corrected chi connectivity index (χ2v) is 5.58. The number of rotatable bonds is 4. The minimum Gasteiger partial charge on any atom is -0.271 e. The summed E-state index contributed by atoms with van der Waals surface area (Å²) < 4.78 is 0. The van der Waals surface area contributed by atoms with E-state index in [1.807, 2.05) is 11.7 Å². The number of nitrogens with zero attached hydrogens (tertiary/aromatic N) is 1. The number of nitrogens with one attached hydrogen (secondary N) is 1. The predicted octanol–water partition coefficient (Wildman–Crippen LogP) is 2.86. The van der Waals surface area contributed by atoms with Gasteiger partial charge in [0.25, 0.3) is 0 Å². The van der Waals surface area contributed by atoms with Crippen molar-refractivity contribution in [3.63, 3.8) is 0 Å². The van der Waals surface area contributed by atoms with E-state index in [9.17, 15) is 0 Å². The second-order valence-electron chi connectivity index (χ2n) is 4.66. The number of hydrogen-bond donors (Lipinski definition) is 2. The molecule has 0 aliphatic heterocycles. The third-order valence-electron chi connectivity index (χ3n) is 3.86. The quantitative estimate of drug-likeness (QED) is 0.627. The summed E-state index contributed by atoms with van der Waals surface area (Å²) in [5.41, 5.74) is 4.90. The Kier molecular flexibility index (Phi) is 4.32. The van der Waals surface area contributed by atoms with Crippen LogP contribution in [0.15, 0.2) is 11.7 Å². The van der Waals surface area contributed by atoms with Gasteiger partial charge in [-0.05, 0) is 18.3 Å². The third kappa shape index (κ3) is 2.44. The van der Waals surface area contributed by atoms with Crippen LogP contribution < -0.4 is 11.3 Å². The molecule has 3 atom stereocenters. The monoisotopic (exact) mass is 239 g/mol. The second kappa shape index (κ2) is 5.75. The highest BCUT2D eigenvalue weighted by molar-refractivity contribution is 7.09. The maximum Gasteiger partial charge on any atom is 0.0794 e. The fourth-order valence-electron chi connectivity index (χ4n) is 2.98. The summed E-state index contributed by atoms with van der Waals surface area (Å²) in [4.78, 5) is 5.44. The van der Waals surface area contributed by atoms with Crippen LogP contribution in [0, 0.1) is 11.8 Å². The number of hydrogen-bond acceptors (Lipinski definition) is 4. The average molecular weight is 239 g/mol. The van der Waals surface area contributed by atoms with Crippen molar-refractivity contribution in [2.24, 2.45) is 17.7 Å². The molecule has 1 heterocycles. The molecule has 0 spiro atoms. The van der Waals surface area contributed by atoms with Gasteiger partial charge in [0.1, 0.15) is 0 Å². The Hall–Kier alpha value is -0.450. The lowest BCUT2D eigenvalue weighted by molar-refractivity contribution is 0.177. The molecule has 2 rings (SSSR count). The minimum absolute atomic E-state index is 0.303. The molecular weight excluding hydrogens is 218 g/mol. The van der Waals surface area contributed by atoms with Crippen molar-refractivity contribution >= 4 is 11.3 Å². The topological polar surface area (TPSA) is 50.9 Å². The molecule has 90 valence electrons. The molecule has 0 amide bonds. The third-order valence-corrected chi connectivity index (χ3v) is 4.72. The molecular formula is C12H21N3S. The maximum atomic E-state index is 5.74. The molecule has 1 aliphatic rings. The van der Waals surface area contributed by atoms with Crippen LogP contribution >= 0.6 is 11.3 Å². The van der Waals surface area contributed by atoms with E-state index in [2.05, 4.69) is 17.3 Å². The van der Waals surface area contributed by atoms with E-state index in [1.165, 1.54) is 37.0 Å². The lowest BCUT2D eigenvalue weighted by atomic mass is 9.74. The molecule has 1 fully saturated rings. The molecule has 1 aromatic heterocycles. The van der Waals surface area contributed by atoms with Gasteiger partial charge >= 0.3 is 0 Å². The first kappa shape index (κ1) is 12.0.